The molecule has 2 heterocycles. The third kappa shape index (κ3) is 2.58. The van der Waals surface area contributed by atoms with E-state index in [1.165, 1.54) is 13.4 Å². The van der Waals surface area contributed by atoms with Gasteiger partial charge in [-0.1, -0.05) is 0 Å². The zero-order chi connectivity index (χ0) is 13.1. The van der Waals surface area contributed by atoms with Crippen molar-refractivity contribution in [2.45, 2.75) is 12.8 Å². The van der Waals surface area contributed by atoms with Crippen molar-refractivity contribution in [1.29, 1.82) is 0 Å². The molecule has 2 rings (SSSR count). The first kappa shape index (κ1) is 13.1. The van der Waals surface area contributed by atoms with E-state index in [2.05, 4.69) is 15.9 Å². The minimum absolute atomic E-state index is 0.121. The average molecular weight is 316 g/mol. The van der Waals surface area contributed by atoms with Gasteiger partial charge in [0.05, 0.1) is 24.9 Å². The van der Waals surface area contributed by atoms with Crippen molar-refractivity contribution >= 4 is 27.8 Å². The Bertz CT molecular complexity index is 457. The maximum atomic E-state index is 12.2. The van der Waals surface area contributed by atoms with Crippen LogP contribution in [0.5, 0.6) is 0 Å². The number of nitrogens with zero attached hydrogens (tertiary/aromatic N) is 1. The highest BCUT2D eigenvalue weighted by Gasteiger charge is 2.30. The Hall–Kier alpha value is -1.30. The molecule has 5 nitrogen and oxygen atoms in total. The number of likely N-dealkylation sites (tertiary alicyclic amines) is 1. The number of rotatable bonds is 2. The zero-order valence-electron chi connectivity index (χ0n) is 10.0. The summed E-state index contributed by atoms with van der Waals surface area (Å²) < 4.78 is 10.2. The maximum Gasteiger partial charge on any atom is 0.310 e. The Balaban J connectivity index is 2.07. The number of piperidine rings is 1. The molecule has 6 heteroatoms. The van der Waals surface area contributed by atoms with E-state index in [-0.39, 0.29) is 17.8 Å². The van der Waals surface area contributed by atoms with Crippen molar-refractivity contribution < 1.29 is 18.7 Å². The van der Waals surface area contributed by atoms with E-state index in [4.69, 9.17) is 9.15 Å². The van der Waals surface area contributed by atoms with Crippen molar-refractivity contribution in [3.63, 3.8) is 0 Å². The van der Waals surface area contributed by atoms with E-state index in [1.54, 1.807) is 11.0 Å². The van der Waals surface area contributed by atoms with E-state index in [0.29, 0.717) is 23.3 Å². The maximum absolute atomic E-state index is 12.2. The molecule has 1 amide bonds. The van der Waals surface area contributed by atoms with E-state index >= 15 is 0 Å². The first-order valence-electron chi connectivity index (χ1n) is 5.73. The second-order valence-corrected chi connectivity index (χ2v) is 4.94. The van der Waals surface area contributed by atoms with Crippen molar-refractivity contribution in [1.82, 2.24) is 4.90 Å². The molecule has 1 aliphatic heterocycles. The number of hydrogen-bond acceptors (Lipinski definition) is 4. The molecule has 0 saturated carbocycles. The summed E-state index contributed by atoms with van der Waals surface area (Å²) >= 11 is 3.19. The number of hydrogen-bond donors (Lipinski definition) is 0. The summed E-state index contributed by atoms with van der Waals surface area (Å²) in [6.45, 7) is 1.06. The van der Waals surface area contributed by atoms with Crippen molar-refractivity contribution in [3.05, 3.63) is 22.6 Å². The SMILES string of the molecule is COC(=O)[C@H]1CCCN(C(=O)c2ccoc2Br)C1. The highest BCUT2D eigenvalue weighted by Crippen LogP contribution is 2.23. The Morgan fingerprint density at radius 1 is 1.56 bits per heavy atom. The van der Waals surface area contributed by atoms with Crippen LogP contribution in [0.1, 0.15) is 23.2 Å². The minimum Gasteiger partial charge on any atom is -0.469 e. The van der Waals surface area contributed by atoms with Crippen LogP contribution in [0.2, 0.25) is 0 Å². The van der Waals surface area contributed by atoms with Gasteiger partial charge in [-0.3, -0.25) is 9.59 Å². The summed E-state index contributed by atoms with van der Waals surface area (Å²) in [4.78, 5) is 25.4. The topological polar surface area (TPSA) is 59.8 Å². The number of methoxy groups -OCH3 is 1. The summed E-state index contributed by atoms with van der Waals surface area (Å²) in [6, 6.07) is 1.62. The standard InChI is InChI=1S/C12H14BrNO4/c1-17-12(16)8-3-2-5-14(7-8)11(15)9-4-6-18-10(9)13/h4,6,8H,2-3,5,7H2,1H3/t8-/m0/s1. The van der Waals surface area contributed by atoms with Gasteiger partial charge in [-0.2, -0.15) is 0 Å². The predicted molar refractivity (Wildman–Crippen MR) is 67.1 cm³/mol. The molecule has 1 aromatic heterocycles. The van der Waals surface area contributed by atoms with Crippen molar-refractivity contribution in [3.8, 4) is 0 Å². The van der Waals surface area contributed by atoms with Crippen LogP contribution >= 0.6 is 15.9 Å². The fourth-order valence-corrected chi connectivity index (χ4v) is 2.55. The molecule has 0 bridgehead atoms. The fourth-order valence-electron chi connectivity index (χ4n) is 2.14. The lowest BCUT2D eigenvalue weighted by molar-refractivity contribution is -0.146. The molecule has 0 aliphatic carbocycles. The van der Waals surface area contributed by atoms with Crippen LogP contribution in [0.25, 0.3) is 0 Å². The molecule has 1 aliphatic rings. The predicted octanol–water partition coefficient (Wildman–Crippen LogP) is 2.07. The number of furan rings is 1. The Kier molecular flexibility index (Phi) is 4.06. The van der Waals surface area contributed by atoms with Crippen molar-refractivity contribution in [2.75, 3.05) is 20.2 Å². The summed E-state index contributed by atoms with van der Waals surface area (Å²) in [6.07, 6.45) is 3.03. The number of ether oxygens (including phenoxy) is 1. The van der Waals surface area contributed by atoms with Crippen LogP contribution in [0.15, 0.2) is 21.4 Å². The Morgan fingerprint density at radius 2 is 2.33 bits per heavy atom. The first-order valence-corrected chi connectivity index (χ1v) is 6.53. The van der Waals surface area contributed by atoms with Crippen LogP contribution < -0.4 is 0 Å². The number of amides is 1. The molecule has 0 N–H and O–H groups in total. The second kappa shape index (κ2) is 5.56. The van der Waals surface area contributed by atoms with Gasteiger partial charge in [0.25, 0.3) is 5.91 Å². The van der Waals surface area contributed by atoms with Gasteiger partial charge < -0.3 is 14.1 Å². The molecule has 1 fully saturated rings. The molecule has 0 aromatic carbocycles. The van der Waals surface area contributed by atoms with Gasteiger partial charge in [0, 0.05) is 13.1 Å². The molecule has 0 unspecified atom stereocenters. The quantitative estimate of drug-likeness (QED) is 0.784. The second-order valence-electron chi connectivity index (χ2n) is 4.22. The van der Waals surface area contributed by atoms with Crippen molar-refractivity contribution in [2.24, 2.45) is 5.92 Å². The lowest BCUT2D eigenvalue weighted by Gasteiger charge is -2.31. The van der Waals surface area contributed by atoms with Crippen LogP contribution in [-0.4, -0.2) is 37.0 Å². The summed E-state index contributed by atoms with van der Waals surface area (Å²) in [7, 11) is 1.37. The number of esters is 1. The molecule has 1 saturated heterocycles. The molecule has 1 atom stereocenters. The van der Waals surface area contributed by atoms with Crippen LogP contribution in [-0.2, 0) is 9.53 Å². The first-order chi connectivity index (χ1) is 8.63. The molecule has 18 heavy (non-hydrogen) atoms. The molecule has 98 valence electrons. The molecular weight excluding hydrogens is 302 g/mol. The van der Waals surface area contributed by atoms with E-state index in [9.17, 15) is 9.59 Å². The van der Waals surface area contributed by atoms with Gasteiger partial charge >= 0.3 is 5.97 Å². The third-order valence-corrected chi connectivity index (χ3v) is 3.71. The van der Waals surface area contributed by atoms with Crippen LogP contribution in [0, 0.1) is 5.92 Å². The number of carbonyl (C=O) groups is 2. The van der Waals surface area contributed by atoms with E-state index in [1.807, 2.05) is 0 Å². The lowest BCUT2D eigenvalue weighted by Crippen LogP contribution is -2.42. The van der Waals surface area contributed by atoms with Gasteiger partial charge in [0.1, 0.15) is 0 Å². The minimum atomic E-state index is -0.251. The highest BCUT2D eigenvalue weighted by molar-refractivity contribution is 9.10. The smallest absolute Gasteiger partial charge is 0.310 e. The third-order valence-electron chi connectivity index (χ3n) is 3.09. The number of halogens is 1. The van der Waals surface area contributed by atoms with Crippen LogP contribution in [0.3, 0.4) is 0 Å². The van der Waals surface area contributed by atoms with Gasteiger partial charge in [0.2, 0.25) is 0 Å². The zero-order valence-corrected chi connectivity index (χ0v) is 11.6. The Labute approximate surface area is 113 Å². The van der Waals surface area contributed by atoms with E-state index in [0.717, 1.165) is 12.8 Å². The van der Waals surface area contributed by atoms with E-state index < -0.39 is 0 Å². The normalized spacial score (nSPS) is 19.7. The average Bonchev–Trinajstić information content (AvgIpc) is 2.83. The number of carbonyl (C=O) groups excluding carboxylic acids is 2. The molecule has 1 aromatic rings. The molecule has 0 radical (unpaired) electrons. The molecule has 0 spiro atoms. The highest BCUT2D eigenvalue weighted by atomic mass is 79.9. The fraction of sp³-hybridized carbons (Fsp3) is 0.500. The monoisotopic (exact) mass is 315 g/mol. The van der Waals surface area contributed by atoms with Gasteiger partial charge in [0.15, 0.2) is 4.67 Å². The Morgan fingerprint density at radius 3 is 2.94 bits per heavy atom. The van der Waals surface area contributed by atoms with Crippen LogP contribution in [0.4, 0.5) is 0 Å². The summed E-state index contributed by atoms with van der Waals surface area (Å²) in [5.41, 5.74) is 0.487. The van der Waals surface area contributed by atoms with Gasteiger partial charge in [-0.25, -0.2) is 0 Å². The largest absolute Gasteiger partial charge is 0.469 e. The summed E-state index contributed by atoms with van der Waals surface area (Å²) in [5.74, 6) is -0.596. The van der Waals surface area contributed by atoms with Gasteiger partial charge in [-0.15, -0.1) is 0 Å². The summed E-state index contributed by atoms with van der Waals surface area (Å²) in [5, 5.41) is 0. The molecular formula is C12H14BrNO4. The van der Waals surface area contributed by atoms with Gasteiger partial charge in [-0.05, 0) is 34.8 Å². The lowest BCUT2D eigenvalue weighted by atomic mass is 9.98.